The number of hydrogen-bond donors (Lipinski definition) is 1. The summed E-state index contributed by atoms with van der Waals surface area (Å²) in [7, 11) is 1.57. The van der Waals surface area contributed by atoms with Crippen molar-refractivity contribution in [2.24, 2.45) is 5.92 Å². The highest BCUT2D eigenvalue weighted by Gasteiger charge is 2.70. The predicted octanol–water partition coefficient (Wildman–Crippen LogP) is 5.86. The quantitative estimate of drug-likeness (QED) is 0.321. The van der Waals surface area contributed by atoms with Crippen LogP contribution in [0.5, 0.6) is 5.75 Å². The zero-order chi connectivity index (χ0) is 28.3. The minimum absolute atomic E-state index is 0.195. The first-order chi connectivity index (χ1) is 19.9. The van der Waals surface area contributed by atoms with E-state index in [1.54, 1.807) is 43.5 Å². The minimum Gasteiger partial charge on any atom is -0.497 e. The molecule has 6 nitrogen and oxygen atoms in total. The number of hydrogen-bond acceptors (Lipinski definition) is 5. The Kier molecular flexibility index (Phi) is 5.68. The normalized spacial score (nSPS) is 23.5. The molecule has 0 saturated carbocycles. The van der Waals surface area contributed by atoms with Gasteiger partial charge in [0.2, 0.25) is 5.91 Å². The Balaban J connectivity index is 1.53. The first-order valence-electron chi connectivity index (χ1n) is 13.7. The van der Waals surface area contributed by atoms with Crippen molar-refractivity contribution in [2.45, 2.75) is 24.4 Å². The number of Topliss-reactive ketones (excluding diaryl/α,β-unsaturated/α-hetero) is 2. The van der Waals surface area contributed by atoms with Crippen molar-refractivity contribution in [1.82, 2.24) is 0 Å². The second kappa shape index (κ2) is 9.30. The largest absolute Gasteiger partial charge is 0.497 e. The van der Waals surface area contributed by atoms with Gasteiger partial charge in [0.1, 0.15) is 17.2 Å². The molecule has 1 saturated heterocycles. The first-order valence-corrected chi connectivity index (χ1v) is 13.7. The lowest BCUT2D eigenvalue weighted by atomic mass is 9.64. The van der Waals surface area contributed by atoms with E-state index in [1.165, 1.54) is 0 Å². The molecule has 1 fully saturated rings. The van der Waals surface area contributed by atoms with Crippen LogP contribution >= 0.6 is 0 Å². The Hall–Kier alpha value is -4.97. The molecule has 4 atom stereocenters. The summed E-state index contributed by atoms with van der Waals surface area (Å²) in [5.41, 5.74) is 3.80. The standard InChI is InChI=1S/C35H28N2O4/c1-21-12-13-22-16-19-29-35(26-10-6-7-11-27(26)36-34(35)40)30(32(38)24-14-17-25(41-2)18-15-24)31(37(29)28(22)20-21)33(39)23-8-4-3-5-9-23/h3-20,29-31H,1-2H3,(H,36,40)/t29-,30+,31+,35-/m1/s1. The Bertz CT molecular complexity index is 1740. The molecule has 1 N–H and O–H groups in total. The van der Waals surface area contributed by atoms with Gasteiger partial charge in [-0.2, -0.15) is 0 Å². The van der Waals surface area contributed by atoms with Gasteiger partial charge < -0.3 is 15.0 Å². The Labute approximate surface area is 238 Å². The van der Waals surface area contributed by atoms with Crippen LogP contribution in [0.1, 0.15) is 37.4 Å². The number of methoxy groups -OCH3 is 1. The maximum atomic E-state index is 14.8. The number of carbonyl (C=O) groups excluding carboxylic acids is 3. The number of benzene rings is 4. The number of carbonyl (C=O) groups is 3. The van der Waals surface area contributed by atoms with E-state index in [4.69, 9.17) is 4.74 Å². The third-order valence-electron chi connectivity index (χ3n) is 8.77. The summed E-state index contributed by atoms with van der Waals surface area (Å²) in [6, 6.07) is 28.1. The number of para-hydroxylation sites is 1. The van der Waals surface area contributed by atoms with Crippen LogP contribution in [0.15, 0.2) is 103 Å². The number of nitrogens with zero attached hydrogens (tertiary/aromatic N) is 1. The van der Waals surface area contributed by atoms with Gasteiger partial charge in [-0.3, -0.25) is 14.4 Å². The SMILES string of the molecule is COc1ccc(C(=O)[C@@H]2[C@@H](C(=O)c3ccccc3)N3c4cc(C)ccc4C=C[C@@H]3[C@@]23C(=O)Nc2ccccc23)cc1. The van der Waals surface area contributed by atoms with Gasteiger partial charge in [0.05, 0.1) is 19.1 Å². The van der Waals surface area contributed by atoms with E-state index >= 15 is 0 Å². The Morgan fingerprint density at radius 3 is 2.32 bits per heavy atom. The smallest absolute Gasteiger partial charge is 0.238 e. The van der Waals surface area contributed by atoms with Crippen molar-refractivity contribution in [1.29, 1.82) is 0 Å². The molecule has 0 unspecified atom stereocenters. The molecular formula is C35H28N2O4. The maximum Gasteiger partial charge on any atom is 0.238 e. The third kappa shape index (κ3) is 3.53. The number of nitrogens with one attached hydrogen (secondary N) is 1. The summed E-state index contributed by atoms with van der Waals surface area (Å²) in [4.78, 5) is 45.9. The second-order valence-corrected chi connectivity index (χ2v) is 10.9. The molecule has 4 aromatic carbocycles. The predicted molar refractivity (Wildman–Crippen MR) is 159 cm³/mol. The van der Waals surface area contributed by atoms with Crippen LogP contribution in [0.2, 0.25) is 0 Å². The number of amides is 1. The van der Waals surface area contributed by atoms with Gasteiger partial charge in [0.15, 0.2) is 11.6 Å². The van der Waals surface area contributed by atoms with Crippen molar-refractivity contribution in [3.63, 3.8) is 0 Å². The summed E-state index contributed by atoms with van der Waals surface area (Å²) in [6.45, 7) is 2.00. The van der Waals surface area contributed by atoms with Crippen LogP contribution in [0.4, 0.5) is 11.4 Å². The van der Waals surface area contributed by atoms with Gasteiger partial charge in [0, 0.05) is 22.5 Å². The highest BCUT2D eigenvalue weighted by atomic mass is 16.5. The van der Waals surface area contributed by atoms with Gasteiger partial charge >= 0.3 is 0 Å². The lowest BCUT2D eigenvalue weighted by Crippen LogP contribution is -2.51. The van der Waals surface area contributed by atoms with Crippen molar-refractivity contribution < 1.29 is 19.1 Å². The summed E-state index contributed by atoms with van der Waals surface area (Å²) < 4.78 is 5.33. The van der Waals surface area contributed by atoms with Crippen molar-refractivity contribution in [2.75, 3.05) is 17.3 Å². The maximum absolute atomic E-state index is 14.8. The molecule has 0 aliphatic carbocycles. The molecular weight excluding hydrogens is 512 g/mol. The molecule has 3 aliphatic heterocycles. The number of aryl methyl sites for hydroxylation is 1. The van der Waals surface area contributed by atoms with Gasteiger partial charge in [-0.05, 0) is 60.0 Å². The fraction of sp³-hybridized carbons (Fsp3) is 0.171. The van der Waals surface area contributed by atoms with Crippen LogP contribution < -0.4 is 15.0 Å². The third-order valence-corrected chi connectivity index (χ3v) is 8.77. The molecule has 4 aromatic rings. The molecule has 41 heavy (non-hydrogen) atoms. The van der Waals surface area contributed by atoms with Crippen molar-refractivity contribution in [3.8, 4) is 5.75 Å². The Morgan fingerprint density at radius 2 is 1.56 bits per heavy atom. The van der Waals surface area contributed by atoms with Crippen LogP contribution in [0.25, 0.3) is 6.08 Å². The van der Waals surface area contributed by atoms with E-state index < -0.39 is 23.4 Å². The summed E-state index contributed by atoms with van der Waals surface area (Å²) >= 11 is 0. The summed E-state index contributed by atoms with van der Waals surface area (Å²) in [6.07, 6.45) is 4.00. The van der Waals surface area contributed by atoms with E-state index in [2.05, 4.69) is 5.32 Å². The zero-order valence-corrected chi connectivity index (χ0v) is 22.7. The lowest BCUT2D eigenvalue weighted by Gasteiger charge is -2.37. The Morgan fingerprint density at radius 1 is 0.854 bits per heavy atom. The van der Waals surface area contributed by atoms with E-state index in [-0.39, 0.29) is 17.5 Å². The van der Waals surface area contributed by atoms with Gasteiger partial charge in [-0.25, -0.2) is 0 Å². The minimum atomic E-state index is -1.33. The van der Waals surface area contributed by atoms with Crippen molar-refractivity contribution in [3.05, 3.63) is 131 Å². The first kappa shape index (κ1) is 25.0. The van der Waals surface area contributed by atoms with E-state index in [0.29, 0.717) is 22.6 Å². The monoisotopic (exact) mass is 540 g/mol. The zero-order valence-electron chi connectivity index (χ0n) is 22.7. The van der Waals surface area contributed by atoms with Gasteiger partial charge in [-0.15, -0.1) is 0 Å². The lowest BCUT2D eigenvalue weighted by molar-refractivity contribution is -0.121. The fourth-order valence-electron chi connectivity index (χ4n) is 6.98. The molecule has 7 rings (SSSR count). The van der Waals surface area contributed by atoms with Gasteiger partial charge in [0.25, 0.3) is 0 Å². The number of ether oxygens (including phenoxy) is 1. The topological polar surface area (TPSA) is 75.7 Å². The van der Waals surface area contributed by atoms with Crippen LogP contribution in [0.3, 0.4) is 0 Å². The molecule has 0 aromatic heterocycles. The summed E-state index contributed by atoms with van der Waals surface area (Å²) in [5, 5.41) is 3.07. The molecule has 0 bridgehead atoms. The highest BCUT2D eigenvalue weighted by Crippen LogP contribution is 2.58. The molecule has 3 aliphatic rings. The van der Waals surface area contributed by atoms with Crippen LogP contribution in [0, 0.1) is 12.8 Å². The summed E-state index contributed by atoms with van der Waals surface area (Å²) in [5.74, 6) is -1.11. The molecule has 202 valence electrons. The molecule has 1 spiro atoms. The average Bonchev–Trinajstić information content (AvgIpc) is 3.49. The average molecular weight is 541 g/mol. The molecule has 1 amide bonds. The number of anilines is 2. The second-order valence-electron chi connectivity index (χ2n) is 10.9. The van der Waals surface area contributed by atoms with Crippen LogP contribution in [-0.4, -0.2) is 36.7 Å². The highest BCUT2D eigenvalue weighted by molar-refractivity contribution is 6.18. The van der Waals surface area contributed by atoms with E-state index in [1.807, 2.05) is 84.6 Å². The van der Waals surface area contributed by atoms with Crippen molar-refractivity contribution >= 4 is 34.9 Å². The van der Waals surface area contributed by atoms with E-state index in [0.717, 1.165) is 22.4 Å². The number of fused-ring (bicyclic) bond motifs is 6. The molecule has 6 heteroatoms. The van der Waals surface area contributed by atoms with Crippen LogP contribution in [-0.2, 0) is 10.2 Å². The molecule has 0 radical (unpaired) electrons. The molecule has 3 heterocycles. The number of ketones is 2. The van der Waals surface area contributed by atoms with Gasteiger partial charge in [-0.1, -0.05) is 72.8 Å². The number of rotatable bonds is 5. The van der Waals surface area contributed by atoms with E-state index in [9.17, 15) is 14.4 Å². The fourth-order valence-corrected chi connectivity index (χ4v) is 6.98.